The van der Waals surface area contributed by atoms with E-state index in [1.54, 1.807) is 0 Å². The lowest BCUT2D eigenvalue weighted by atomic mass is 10.2. The minimum Gasteiger partial charge on any atom is -0.392 e. The molecule has 0 aromatic rings. The Labute approximate surface area is 111 Å². The Kier molecular flexibility index (Phi) is 5.89. The van der Waals surface area contributed by atoms with Gasteiger partial charge in [0.25, 0.3) is 0 Å². The van der Waals surface area contributed by atoms with Crippen LogP contribution in [-0.4, -0.2) is 71.5 Å². The molecule has 0 amide bonds. The molecule has 0 spiro atoms. The fraction of sp³-hybridized carbons (Fsp3) is 1.00. The molecule has 2 unspecified atom stereocenters. The molecule has 0 saturated carbocycles. The van der Waals surface area contributed by atoms with Gasteiger partial charge in [-0.3, -0.25) is 0 Å². The van der Waals surface area contributed by atoms with Crippen LogP contribution >= 0.6 is 0 Å². The Bertz CT molecular complexity index is 214. The monoisotopic (exact) mass is 256 g/mol. The SMILES string of the molecule is OC1CCN(CCCCCCN2CCC(O)C2)C1. The number of β-amino-alcohol motifs (C(OH)–C–C–N with tert-alkyl or cyclic N) is 2. The van der Waals surface area contributed by atoms with Crippen LogP contribution in [0, 0.1) is 0 Å². The second kappa shape index (κ2) is 7.43. The fourth-order valence-corrected chi connectivity index (χ4v) is 3.05. The van der Waals surface area contributed by atoms with Gasteiger partial charge in [-0.2, -0.15) is 0 Å². The maximum absolute atomic E-state index is 9.42. The van der Waals surface area contributed by atoms with E-state index in [0.717, 1.165) is 52.1 Å². The first-order chi connectivity index (χ1) is 8.74. The second-order valence-corrected chi connectivity index (χ2v) is 5.90. The molecule has 2 saturated heterocycles. The summed E-state index contributed by atoms with van der Waals surface area (Å²) in [5.74, 6) is 0. The molecular weight excluding hydrogens is 228 g/mol. The largest absolute Gasteiger partial charge is 0.392 e. The van der Waals surface area contributed by atoms with Crippen molar-refractivity contribution in [1.29, 1.82) is 0 Å². The zero-order chi connectivity index (χ0) is 12.8. The molecule has 18 heavy (non-hydrogen) atoms. The van der Waals surface area contributed by atoms with E-state index in [4.69, 9.17) is 0 Å². The van der Waals surface area contributed by atoms with Gasteiger partial charge in [-0.25, -0.2) is 0 Å². The molecule has 0 aliphatic carbocycles. The van der Waals surface area contributed by atoms with Crippen molar-refractivity contribution in [2.45, 2.75) is 50.7 Å². The number of hydrogen-bond donors (Lipinski definition) is 2. The predicted molar refractivity (Wildman–Crippen MR) is 72.6 cm³/mol. The van der Waals surface area contributed by atoms with Gasteiger partial charge in [0.1, 0.15) is 0 Å². The minimum atomic E-state index is -0.0772. The van der Waals surface area contributed by atoms with Gasteiger partial charge in [-0.05, 0) is 38.8 Å². The van der Waals surface area contributed by atoms with Crippen molar-refractivity contribution < 1.29 is 10.2 Å². The van der Waals surface area contributed by atoms with Crippen LogP contribution in [0.2, 0.25) is 0 Å². The van der Waals surface area contributed by atoms with E-state index in [1.807, 2.05) is 0 Å². The van der Waals surface area contributed by atoms with Gasteiger partial charge in [0.15, 0.2) is 0 Å². The first kappa shape index (κ1) is 14.3. The molecule has 106 valence electrons. The summed E-state index contributed by atoms with van der Waals surface area (Å²) in [6.07, 6.45) is 6.86. The summed E-state index contributed by atoms with van der Waals surface area (Å²) in [5.41, 5.74) is 0. The zero-order valence-corrected chi connectivity index (χ0v) is 11.4. The van der Waals surface area contributed by atoms with Crippen molar-refractivity contribution in [3.63, 3.8) is 0 Å². The standard InChI is InChI=1S/C14H28N2O2/c17-13-5-9-15(11-13)7-3-1-2-4-8-16-10-6-14(18)12-16/h13-14,17-18H,1-12H2. The number of likely N-dealkylation sites (tertiary alicyclic amines) is 2. The molecule has 2 N–H and O–H groups in total. The highest BCUT2D eigenvalue weighted by Crippen LogP contribution is 2.12. The van der Waals surface area contributed by atoms with E-state index >= 15 is 0 Å². The normalized spacial score (nSPS) is 30.3. The van der Waals surface area contributed by atoms with E-state index in [0.29, 0.717) is 0 Å². The lowest BCUT2D eigenvalue weighted by Crippen LogP contribution is -2.24. The molecule has 2 heterocycles. The van der Waals surface area contributed by atoms with Gasteiger partial charge in [-0.1, -0.05) is 12.8 Å². The number of aliphatic hydroxyl groups excluding tert-OH is 2. The minimum absolute atomic E-state index is 0.0772. The van der Waals surface area contributed by atoms with Crippen LogP contribution in [0.5, 0.6) is 0 Å². The Morgan fingerprint density at radius 1 is 0.722 bits per heavy atom. The third kappa shape index (κ3) is 4.84. The molecule has 0 bridgehead atoms. The summed E-state index contributed by atoms with van der Waals surface area (Å²) >= 11 is 0. The average molecular weight is 256 g/mol. The molecule has 0 aromatic heterocycles. The lowest BCUT2D eigenvalue weighted by molar-refractivity contribution is 0.174. The van der Waals surface area contributed by atoms with E-state index in [1.165, 1.54) is 25.7 Å². The molecular formula is C14H28N2O2. The highest BCUT2D eigenvalue weighted by molar-refractivity contribution is 4.75. The van der Waals surface area contributed by atoms with Crippen LogP contribution in [-0.2, 0) is 0 Å². The van der Waals surface area contributed by atoms with Gasteiger partial charge in [0.05, 0.1) is 12.2 Å². The number of rotatable bonds is 7. The summed E-state index contributed by atoms with van der Waals surface area (Å²) in [4.78, 5) is 4.75. The van der Waals surface area contributed by atoms with Gasteiger partial charge < -0.3 is 20.0 Å². The van der Waals surface area contributed by atoms with E-state index < -0.39 is 0 Å². The van der Waals surface area contributed by atoms with Crippen LogP contribution in [0.15, 0.2) is 0 Å². The van der Waals surface area contributed by atoms with Gasteiger partial charge >= 0.3 is 0 Å². The third-order valence-electron chi connectivity index (χ3n) is 4.19. The zero-order valence-electron chi connectivity index (χ0n) is 11.4. The molecule has 0 radical (unpaired) electrons. The highest BCUT2D eigenvalue weighted by Gasteiger charge is 2.20. The number of hydrogen-bond acceptors (Lipinski definition) is 4. The molecule has 2 aliphatic rings. The van der Waals surface area contributed by atoms with Gasteiger partial charge in [0, 0.05) is 26.2 Å². The maximum Gasteiger partial charge on any atom is 0.0679 e. The molecule has 2 fully saturated rings. The van der Waals surface area contributed by atoms with Crippen LogP contribution < -0.4 is 0 Å². The van der Waals surface area contributed by atoms with Crippen molar-refractivity contribution in [1.82, 2.24) is 9.80 Å². The molecule has 2 aliphatic heterocycles. The maximum atomic E-state index is 9.42. The number of unbranched alkanes of at least 4 members (excludes halogenated alkanes) is 3. The van der Waals surface area contributed by atoms with Crippen molar-refractivity contribution in [3.05, 3.63) is 0 Å². The summed E-state index contributed by atoms with van der Waals surface area (Å²) in [6.45, 7) is 6.22. The Morgan fingerprint density at radius 2 is 1.17 bits per heavy atom. The van der Waals surface area contributed by atoms with Crippen LogP contribution in [0.25, 0.3) is 0 Å². The molecule has 4 heteroatoms. The predicted octanol–water partition coefficient (Wildman–Crippen LogP) is 0.680. The third-order valence-corrected chi connectivity index (χ3v) is 4.19. The topological polar surface area (TPSA) is 46.9 Å². The average Bonchev–Trinajstić information content (AvgIpc) is 2.93. The lowest BCUT2D eigenvalue weighted by Gasteiger charge is -2.16. The number of aliphatic hydroxyl groups is 2. The van der Waals surface area contributed by atoms with Crippen molar-refractivity contribution in [3.8, 4) is 0 Å². The smallest absolute Gasteiger partial charge is 0.0679 e. The highest BCUT2D eigenvalue weighted by atomic mass is 16.3. The first-order valence-corrected chi connectivity index (χ1v) is 7.55. The second-order valence-electron chi connectivity index (χ2n) is 5.90. The van der Waals surface area contributed by atoms with Crippen LogP contribution in [0.1, 0.15) is 38.5 Å². The fourth-order valence-electron chi connectivity index (χ4n) is 3.05. The Hall–Kier alpha value is -0.160. The van der Waals surface area contributed by atoms with Crippen molar-refractivity contribution in [2.75, 3.05) is 39.3 Å². The van der Waals surface area contributed by atoms with Gasteiger partial charge in [0.2, 0.25) is 0 Å². The van der Waals surface area contributed by atoms with E-state index in [-0.39, 0.29) is 12.2 Å². The molecule has 2 rings (SSSR count). The van der Waals surface area contributed by atoms with E-state index in [2.05, 4.69) is 9.80 Å². The molecule has 2 atom stereocenters. The van der Waals surface area contributed by atoms with Crippen molar-refractivity contribution in [2.24, 2.45) is 0 Å². The van der Waals surface area contributed by atoms with Crippen LogP contribution in [0.4, 0.5) is 0 Å². The Morgan fingerprint density at radius 3 is 1.50 bits per heavy atom. The number of nitrogens with zero attached hydrogens (tertiary/aromatic N) is 2. The molecule has 0 aromatic carbocycles. The van der Waals surface area contributed by atoms with E-state index in [9.17, 15) is 10.2 Å². The molecule has 4 nitrogen and oxygen atoms in total. The summed E-state index contributed by atoms with van der Waals surface area (Å²) in [5, 5.41) is 18.8. The summed E-state index contributed by atoms with van der Waals surface area (Å²) in [7, 11) is 0. The Balaban J connectivity index is 1.40. The first-order valence-electron chi connectivity index (χ1n) is 7.55. The van der Waals surface area contributed by atoms with Gasteiger partial charge in [-0.15, -0.1) is 0 Å². The van der Waals surface area contributed by atoms with Crippen molar-refractivity contribution >= 4 is 0 Å². The van der Waals surface area contributed by atoms with Crippen LogP contribution in [0.3, 0.4) is 0 Å². The quantitative estimate of drug-likeness (QED) is 0.658. The summed E-state index contributed by atoms with van der Waals surface area (Å²) in [6, 6.07) is 0. The summed E-state index contributed by atoms with van der Waals surface area (Å²) < 4.78 is 0.